The maximum absolute atomic E-state index is 14.1. The van der Waals surface area contributed by atoms with Crippen LogP contribution >= 0.6 is 11.3 Å². The Morgan fingerprint density at radius 2 is 2.09 bits per heavy atom. The number of aliphatic carboxylic acids is 1. The van der Waals surface area contributed by atoms with Crippen LogP contribution in [0.15, 0.2) is 46.0 Å². The van der Waals surface area contributed by atoms with Crippen molar-refractivity contribution in [2.45, 2.75) is 32.9 Å². The van der Waals surface area contributed by atoms with Crippen LogP contribution in [0.3, 0.4) is 0 Å². The van der Waals surface area contributed by atoms with Crippen LogP contribution in [0.25, 0.3) is 0 Å². The molecule has 2 fully saturated rings. The molecule has 3 aliphatic rings. The van der Waals surface area contributed by atoms with Crippen LogP contribution in [-0.4, -0.2) is 101 Å². The molecule has 11 nitrogen and oxygen atoms in total. The molecule has 1 aromatic heterocycles. The van der Waals surface area contributed by atoms with Gasteiger partial charge in [-0.05, 0) is 38.5 Å². The summed E-state index contributed by atoms with van der Waals surface area (Å²) >= 11 is 1.38. The van der Waals surface area contributed by atoms with Gasteiger partial charge in [-0.1, -0.05) is 12.0 Å². The molecule has 0 aliphatic carbocycles. The highest BCUT2D eigenvalue weighted by molar-refractivity contribution is 7.11. The van der Waals surface area contributed by atoms with Crippen LogP contribution in [0.1, 0.15) is 42.9 Å². The second-order valence-corrected chi connectivity index (χ2v) is 12.2. The number of hydrogen-bond acceptors (Lipinski definition) is 9. The summed E-state index contributed by atoms with van der Waals surface area (Å²) in [6.45, 7) is 7.37. The number of carbonyl (C=O) groups is 3. The summed E-state index contributed by atoms with van der Waals surface area (Å²) in [4.78, 5) is 53.0. The normalized spacial score (nSPS) is 20.8. The molecular weight excluding hydrogens is 575 g/mol. The van der Waals surface area contributed by atoms with Gasteiger partial charge in [0.2, 0.25) is 0 Å². The summed E-state index contributed by atoms with van der Waals surface area (Å²) in [7, 11) is 0. The Morgan fingerprint density at radius 3 is 2.77 bits per heavy atom. The van der Waals surface area contributed by atoms with Crippen LogP contribution in [0.4, 0.5) is 9.18 Å². The van der Waals surface area contributed by atoms with Crippen molar-refractivity contribution in [2.24, 2.45) is 10.4 Å². The summed E-state index contributed by atoms with van der Waals surface area (Å²) in [5, 5.41) is 15.3. The molecule has 226 valence electrons. The smallest absolute Gasteiger partial charge is 0.338 e. The van der Waals surface area contributed by atoms with E-state index in [9.17, 15) is 23.9 Å². The van der Waals surface area contributed by atoms with E-state index in [-0.39, 0.29) is 36.4 Å². The molecule has 1 aromatic carbocycles. The van der Waals surface area contributed by atoms with Crippen molar-refractivity contribution in [1.29, 1.82) is 0 Å². The summed E-state index contributed by atoms with van der Waals surface area (Å²) in [6.07, 6.45) is 7.40. The molecular formula is C30H33FN6O5S. The number of esters is 1. The first-order valence-electron chi connectivity index (χ1n) is 13.9. The number of urea groups is 1. The Morgan fingerprint density at radius 1 is 1.30 bits per heavy atom. The second kappa shape index (κ2) is 12.1. The number of terminal acetylenes is 1. The lowest BCUT2D eigenvalue weighted by atomic mass is 9.91. The lowest BCUT2D eigenvalue weighted by Crippen LogP contribution is -2.53. The van der Waals surface area contributed by atoms with E-state index in [4.69, 9.17) is 16.2 Å². The van der Waals surface area contributed by atoms with E-state index in [2.05, 4.69) is 21.1 Å². The fourth-order valence-corrected chi connectivity index (χ4v) is 6.21. The Hall–Kier alpha value is -4.28. The zero-order valence-corrected chi connectivity index (χ0v) is 25.0. The zero-order valence-electron chi connectivity index (χ0n) is 24.2. The molecule has 4 heterocycles. The highest BCUT2D eigenvalue weighted by atomic mass is 32.1. The molecule has 0 saturated carbocycles. The summed E-state index contributed by atoms with van der Waals surface area (Å²) in [6, 6.07) is 2.88. The minimum absolute atomic E-state index is 0.110. The predicted octanol–water partition coefficient (Wildman–Crippen LogP) is 2.70. The van der Waals surface area contributed by atoms with Crippen molar-refractivity contribution in [3.8, 4) is 12.3 Å². The minimum atomic E-state index is -1.08. The minimum Gasteiger partial charge on any atom is -0.481 e. The van der Waals surface area contributed by atoms with Gasteiger partial charge in [-0.15, -0.1) is 17.8 Å². The number of fused-ring (bicyclic) bond motifs is 1. The van der Waals surface area contributed by atoms with E-state index in [0.29, 0.717) is 54.8 Å². The lowest BCUT2D eigenvalue weighted by Gasteiger charge is -2.38. The Labute approximate surface area is 253 Å². The SMILES string of the molecule is C#Cc1cc(F)ccc1[C@@H]1N=C(c2nccs2)NC(CN2CCN3C(=O)N(CC(C)(C)C(=O)O)C[C@@H]3C2)=C1C(=O)OCC. The highest BCUT2D eigenvalue weighted by Crippen LogP contribution is 2.35. The number of benzene rings is 1. The van der Waals surface area contributed by atoms with Crippen LogP contribution in [0.5, 0.6) is 0 Å². The average Bonchev–Trinajstić information content (AvgIpc) is 3.61. The number of amidine groups is 1. The molecule has 2 amide bonds. The third-order valence-electron chi connectivity index (χ3n) is 7.78. The van der Waals surface area contributed by atoms with Gasteiger partial charge in [0.1, 0.15) is 11.9 Å². The van der Waals surface area contributed by atoms with Gasteiger partial charge < -0.3 is 25.0 Å². The number of halogens is 1. The fraction of sp³-hybridized carbons (Fsp3) is 0.433. The van der Waals surface area contributed by atoms with E-state index in [0.717, 1.165) is 0 Å². The number of nitrogens with zero attached hydrogens (tertiary/aromatic N) is 5. The zero-order chi connectivity index (χ0) is 30.9. The first kappa shape index (κ1) is 30.2. The van der Waals surface area contributed by atoms with Crippen molar-refractivity contribution in [3.63, 3.8) is 0 Å². The lowest BCUT2D eigenvalue weighted by molar-refractivity contribution is -0.147. The molecule has 43 heavy (non-hydrogen) atoms. The van der Waals surface area contributed by atoms with Crippen LogP contribution < -0.4 is 5.32 Å². The third-order valence-corrected chi connectivity index (χ3v) is 8.56. The molecule has 0 spiro atoms. The number of aromatic nitrogens is 1. The average molecular weight is 609 g/mol. The highest BCUT2D eigenvalue weighted by Gasteiger charge is 2.44. The molecule has 5 rings (SSSR count). The molecule has 0 radical (unpaired) electrons. The van der Waals surface area contributed by atoms with Crippen LogP contribution in [0, 0.1) is 23.6 Å². The Kier molecular flexibility index (Phi) is 8.52. The van der Waals surface area contributed by atoms with Gasteiger partial charge in [0.15, 0.2) is 10.8 Å². The maximum Gasteiger partial charge on any atom is 0.338 e. The Balaban J connectivity index is 1.47. The molecule has 2 N–H and O–H groups in total. The van der Waals surface area contributed by atoms with Crippen molar-refractivity contribution in [2.75, 3.05) is 45.9 Å². The molecule has 0 unspecified atom stereocenters. The number of thiazole rings is 1. The van der Waals surface area contributed by atoms with Crippen LogP contribution in [0.2, 0.25) is 0 Å². The quantitative estimate of drug-likeness (QED) is 0.329. The van der Waals surface area contributed by atoms with E-state index in [1.165, 1.54) is 29.5 Å². The van der Waals surface area contributed by atoms with E-state index in [1.807, 2.05) is 5.38 Å². The number of piperazine rings is 1. The van der Waals surface area contributed by atoms with E-state index >= 15 is 0 Å². The number of carboxylic acid groups (broad SMARTS) is 1. The van der Waals surface area contributed by atoms with Gasteiger partial charge in [-0.25, -0.2) is 19.0 Å². The van der Waals surface area contributed by atoms with E-state index in [1.54, 1.807) is 36.8 Å². The first-order valence-corrected chi connectivity index (χ1v) is 14.8. The largest absolute Gasteiger partial charge is 0.481 e. The van der Waals surface area contributed by atoms with Gasteiger partial charge in [0, 0.05) is 62.1 Å². The van der Waals surface area contributed by atoms with Crippen molar-refractivity contribution >= 4 is 35.1 Å². The van der Waals surface area contributed by atoms with Gasteiger partial charge in [0.25, 0.3) is 0 Å². The fourth-order valence-electron chi connectivity index (χ4n) is 5.62. The number of rotatable bonds is 9. The summed E-state index contributed by atoms with van der Waals surface area (Å²) < 4.78 is 19.6. The van der Waals surface area contributed by atoms with Gasteiger partial charge in [-0.3, -0.25) is 14.7 Å². The molecule has 3 aliphatic heterocycles. The molecule has 13 heteroatoms. The number of nitrogens with one attached hydrogen (secondary N) is 1. The first-order chi connectivity index (χ1) is 20.5. The predicted molar refractivity (Wildman–Crippen MR) is 158 cm³/mol. The number of aliphatic imine (C=N–C) groups is 1. The summed E-state index contributed by atoms with van der Waals surface area (Å²) in [5.74, 6) is 0.942. The van der Waals surface area contributed by atoms with Gasteiger partial charge >= 0.3 is 18.0 Å². The van der Waals surface area contributed by atoms with Crippen molar-refractivity contribution in [1.82, 2.24) is 25.0 Å². The number of ether oxygens (including phenoxy) is 1. The van der Waals surface area contributed by atoms with Gasteiger partial charge in [0.05, 0.1) is 23.6 Å². The van der Waals surface area contributed by atoms with E-state index < -0.39 is 29.2 Å². The maximum atomic E-state index is 14.1. The number of hydrogen-bond donors (Lipinski definition) is 2. The number of carboxylic acids is 1. The van der Waals surface area contributed by atoms with Crippen molar-refractivity contribution in [3.05, 3.63) is 63.0 Å². The third kappa shape index (κ3) is 6.11. The Bertz CT molecular complexity index is 1530. The molecule has 2 saturated heterocycles. The summed E-state index contributed by atoms with van der Waals surface area (Å²) in [5.41, 5.74) is 0.506. The monoisotopic (exact) mass is 608 g/mol. The topological polar surface area (TPSA) is 128 Å². The number of carbonyl (C=O) groups excluding carboxylic acids is 2. The standard InChI is InChI=1S/C30H33FN6O5S/c1-5-18-13-19(31)7-8-21(18)24-23(27(38)42-6-2)22(33-25(34-24)26-32-9-12-43-26)16-35-10-11-37-20(14-35)15-36(29(37)41)17-30(3,4)28(39)40/h1,7-9,12-13,20,24H,6,10-11,14-17H2,2-4H3,(H,33,34)(H,39,40)/t20-,24-/m0/s1. The second-order valence-electron chi connectivity index (χ2n) is 11.3. The molecule has 2 atom stereocenters. The van der Waals surface area contributed by atoms with Crippen LogP contribution in [-0.2, 0) is 14.3 Å². The van der Waals surface area contributed by atoms with Crippen molar-refractivity contribution < 1.29 is 28.6 Å². The molecule has 2 aromatic rings. The van der Waals surface area contributed by atoms with Gasteiger partial charge in [-0.2, -0.15) is 0 Å². The number of amides is 2. The molecule has 0 bridgehead atoms.